The number of hydrogen-bond acceptors (Lipinski definition) is 4. The van der Waals surface area contributed by atoms with E-state index in [0.717, 1.165) is 43.9 Å². The van der Waals surface area contributed by atoms with Crippen LogP contribution in [0.1, 0.15) is 34.5 Å². The number of hydrogen-bond donors (Lipinski definition) is 1. The van der Waals surface area contributed by atoms with Crippen LogP contribution in [0.3, 0.4) is 0 Å². The van der Waals surface area contributed by atoms with E-state index in [1.54, 1.807) is 0 Å². The zero-order valence-electron chi connectivity index (χ0n) is 12.3. The van der Waals surface area contributed by atoms with Crippen molar-refractivity contribution >= 4 is 11.8 Å². The first kappa shape index (κ1) is 14.8. The van der Waals surface area contributed by atoms with Gasteiger partial charge in [-0.15, -0.1) is 0 Å². The molecule has 0 saturated carbocycles. The Hall–Kier alpha value is -1.62. The summed E-state index contributed by atoms with van der Waals surface area (Å²) in [6.45, 7) is 6.13. The molecule has 5 heteroatoms. The Morgan fingerprint density at radius 1 is 1.45 bits per heavy atom. The summed E-state index contributed by atoms with van der Waals surface area (Å²) < 4.78 is 5.36. The predicted octanol–water partition coefficient (Wildman–Crippen LogP) is 2.26. The first-order valence-electron chi connectivity index (χ1n) is 6.99. The second-order valence-corrected chi connectivity index (χ2v) is 5.52. The van der Waals surface area contributed by atoms with E-state index in [4.69, 9.17) is 4.74 Å². The number of aryl methyl sites for hydroxylation is 2. The molecular weight excluding hydrogens is 256 g/mol. The molecule has 0 amide bonds. The molecule has 1 aromatic heterocycles. The normalized spacial score (nSPS) is 16.1. The Morgan fingerprint density at radius 3 is 2.70 bits per heavy atom. The van der Waals surface area contributed by atoms with Gasteiger partial charge in [0.25, 0.3) is 0 Å². The van der Waals surface area contributed by atoms with Gasteiger partial charge in [0.2, 0.25) is 0 Å². The third-order valence-electron chi connectivity index (χ3n) is 3.77. The lowest BCUT2D eigenvalue weighted by Crippen LogP contribution is -2.31. The van der Waals surface area contributed by atoms with E-state index in [9.17, 15) is 9.90 Å². The third-order valence-corrected chi connectivity index (χ3v) is 3.77. The molecule has 1 aromatic rings. The molecule has 1 aliphatic heterocycles. The van der Waals surface area contributed by atoms with E-state index in [1.807, 2.05) is 31.9 Å². The zero-order valence-corrected chi connectivity index (χ0v) is 12.3. The van der Waals surface area contributed by atoms with Crippen LogP contribution in [-0.2, 0) is 4.74 Å². The Labute approximate surface area is 119 Å². The SMILES string of the molecule is Cc1cc(C)c(C(=O)O)c(N(C)CC2CCOCC2)n1. The zero-order chi connectivity index (χ0) is 14.7. The van der Waals surface area contributed by atoms with Crippen LogP contribution in [0.15, 0.2) is 6.07 Å². The van der Waals surface area contributed by atoms with Gasteiger partial charge in [0.05, 0.1) is 0 Å². The maximum Gasteiger partial charge on any atom is 0.339 e. The standard InChI is InChI=1S/C15H22N2O3/c1-10-8-11(2)16-14(13(10)15(18)19)17(3)9-12-4-6-20-7-5-12/h8,12H,4-7,9H2,1-3H3,(H,18,19). The van der Waals surface area contributed by atoms with Crippen molar-refractivity contribution in [3.8, 4) is 0 Å². The number of rotatable bonds is 4. The highest BCUT2D eigenvalue weighted by molar-refractivity contribution is 5.95. The smallest absolute Gasteiger partial charge is 0.339 e. The number of anilines is 1. The number of aromatic carboxylic acids is 1. The van der Waals surface area contributed by atoms with Crippen molar-refractivity contribution < 1.29 is 14.6 Å². The molecule has 2 rings (SSSR count). The van der Waals surface area contributed by atoms with E-state index in [1.165, 1.54) is 0 Å². The van der Waals surface area contributed by atoms with Crippen LogP contribution >= 0.6 is 0 Å². The lowest BCUT2D eigenvalue weighted by molar-refractivity contribution is 0.0677. The summed E-state index contributed by atoms with van der Waals surface area (Å²) in [5, 5.41) is 9.41. The monoisotopic (exact) mass is 278 g/mol. The molecule has 110 valence electrons. The summed E-state index contributed by atoms with van der Waals surface area (Å²) in [5.41, 5.74) is 1.92. The molecule has 1 fully saturated rings. The van der Waals surface area contributed by atoms with Crippen molar-refractivity contribution in [3.05, 3.63) is 22.9 Å². The van der Waals surface area contributed by atoms with Crippen molar-refractivity contribution in [2.75, 3.05) is 31.7 Å². The first-order chi connectivity index (χ1) is 9.49. The molecule has 0 radical (unpaired) electrons. The number of aromatic nitrogens is 1. The molecule has 0 atom stereocenters. The van der Waals surface area contributed by atoms with Gasteiger partial charge in [-0.2, -0.15) is 0 Å². The van der Waals surface area contributed by atoms with Crippen molar-refractivity contribution in [1.82, 2.24) is 4.98 Å². The summed E-state index contributed by atoms with van der Waals surface area (Å²) in [4.78, 5) is 17.9. The van der Waals surface area contributed by atoms with Gasteiger partial charge in [-0.25, -0.2) is 9.78 Å². The fraction of sp³-hybridized carbons (Fsp3) is 0.600. The van der Waals surface area contributed by atoms with Gasteiger partial charge in [-0.1, -0.05) is 0 Å². The average molecular weight is 278 g/mol. The number of carbonyl (C=O) groups is 1. The molecule has 2 heterocycles. The summed E-state index contributed by atoms with van der Waals surface area (Å²) in [6, 6.07) is 1.81. The minimum atomic E-state index is -0.913. The highest BCUT2D eigenvalue weighted by Crippen LogP contribution is 2.24. The van der Waals surface area contributed by atoms with Crippen LogP contribution in [0.5, 0.6) is 0 Å². The number of ether oxygens (including phenoxy) is 1. The van der Waals surface area contributed by atoms with Crippen LogP contribution < -0.4 is 4.90 Å². The second-order valence-electron chi connectivity index (χ2n) is 5.52. The van der Waals surface area contributed by atoms with Gasteiger partial charge >= 0.3 is 5.97 Å². The Kier molecular flexibility index (Phi) is 4.60. The minimum absolute atomic E-state index is 0.310. The predicted molar refractivity (Wildman–Crippen MR) is 77.5 cm³/mol. The van der Waals surface area contributed by atoms with E-state index >= 15 is 0 Å². The maximum atomic E-state index is 11.5. The van der Waals surface area contributed by atoms with Crippen molar-refractivity contribution in [2.45, 2.75) is 26.7 Å². The fourth-order valence-corrected chi connectivity index (χ4v) is 2.76. The maximum absolute atomic E-state index is 11.5. The second kappa shape index (κ2) is 6.22. The Balaban J connectivity index is 2.23. The summed E-state index contributed by atoms with van der Waals surface area (Å²) in [5.74, 6) is 0.198. The minimum Gasteiger partial charge on any atom is -0.478 e. The molecule has 0 unspecified atom stereocenters. The highest BCUT2D eigenvalue weighted by atomic mass is 16.5. The van der Waals surface area contributed by atoms with Crippen molar-refractivity contribution in [1.29, 1.82) is 0 Å². The van der Waals surface area contributed by atoms with Gasteiger partial charge in [0.15, 0.2) is 0 Å². The molecule has 1 saturated heterocycles. The number of nitrogens with zero attached hydrogens (tertiary/aromatic N) is 2. The lowest BCUT2D eigenvalue weighted by Gasteiger charge is -2.29. The highest BCUT2D eigenvalue weighted by Gasteiger charge is 2.22. The molecule has 20 heavy (non-hydrogen) atoms. The van der Waals surface area contributed by atoms with Crippen LogP contribution in [0.4, 0.5) is 5.82 Å². The molecule has 0 aromatic carbocycles. The molecule has 1 N–H and O–H groups in total. The molecule has 0 spiro atoms. The van der Waals surface area contributed by atoms with Gasteiger partial charge in [-0.3, -0.25) is 0 Å². The van der Waals surface area contributed by atoms with Crippen LogP contribution in [-0.4, -0.2) is 42.9 Å². The summed E-state index contributed by atoms with van der Waals surface area (Å²) in [6.07, 6.45) is 2.05. The molecule has 1 aliphatic rings. The molecule has 0 aliphatic carbocycles. The number of carboxylic acids is 1. The largest absolute Gasteiger partial charge is 0.478 e. The Bertz CT molecular complexity index is 496. The number of carboxylic acid groups (broad SMARTS) is 1. The van der Waals surface area contributed by atoms with E-state index in [0.29, 0.717) is 17.3 Å². The van der Waals surface area contributed by atoms with Gasteiger partial charge in [0.1, 0.15) is 11.4 Å². The van der Waals surface area contributed by atoms with Crippen LogP contribution in [0, 0.1) is 19.8 Å². The lowest BCUT2D eigenvalue weighted by atomic mass is 9.99. The van der Waals surface area contributed by atoms with Gasteiger partial charge in [-0.05, 0) is 44.2 Å². The van der Waals surface area contributed by atoms with Crippen molar-refractivity contribution in [2.24, 2.45) is 5.92 Å². The van der Waals surface area contributed by atoms with Crippen LogP contribution in [0.25, 0.3) is 0 Å². The van der Waals surface area contributed by atoms with E-state index < -0.39 is 5.97 Å². The average Bonchev–Trinajstić information content (AvgIpc) is 2.38. The third kappa shape index (κ3) is 3.28. The summed E-state index contributed by atoms with van der Waals surface area (Å²) >= 11 is 0. The Morgan fingerprint density at radius 2 is 2.10 bits per heavy atom. The van der Waals surface area contributed by atoms with Crippen molar-refractivity contribution in [3.63, 3.8) is 0 Å². The first-order valence-corrected chi connectivity index (χ1v) is 6.99. The quantitative estimate of drug-likeness (QED) is 0.915. The summed E-state index contributed by atoms with van der Waals surface area (Å²) in [7, 11) is 1.92. The fourth-order valence-electron chi connectivity index (χ4n) is 2.76. The number of pyridine rings is 1. The van der Waals surface area contributed by atoms with E-state index in [2.05, 4.69) is 4.98 Å². The molecular formula is C15H22N2O3. The van der Waals surface area contributed by atoms with Crippen LogP contribution in [0.2, 0.25) is 0 Å². The van der Waals surface area contributed by atoms with Gasteiger partial charge in [0, 0.05) is 32.5 Å². The van der Waals surface area contributed by atoms with Gasteiger partial charge < -0.3 is 14.7 Å². The molecule has 5 nitrogen and oxygen atoms in total. The molecule has 0 bridgehead atoms. The van der Waals surface area contributed by atoms with E-state index in [-0.39, 0.29) is 0 Å². The topological polar surface area (TPSA) is 62.7 Å².